The van der Waals surface area contributed by atoms with Crippen molar-refractivity contribution in [3.8, 4) is 0 Å². The number of carbonyl (C=O) groups is 1. The van der Waals surface area contributed by atoms with Crippen molar-refractivity contribution in [3.63, 3.8) is 0 Å². The lowest BCUT2D eigenvalue weighted by Gasteiger charge is -1.91. The highest BCUT2D eigenvalue weighted by Crippen LogP contribution is 2.02. The van der Waals surface area contributed by atoms with E-state index in [0.717, 1.165) is 0 Å². The minimum Gasteiger partial charge on any atom is -0.454 e. The first-order valence-electron chi connectivity index (χ1n) is 4.61. The van der Waals surface area contributed by atoms with Crippen LogP contribution in [0.5, 0.6) is 0 Å². The molecule has 82 valence electrons. The van der Waals surface area contributed by atoms with E-state index >= 15 is 0 Å². The van der Waals surface area contributed by atoms with E-state index < -0.39 is 5.43 Å². The molecule has 0 atom stereocenters. The van der Waals surface area contributed by atoms with Gasteiger partial charge in [0.25, 0.3) is 0 Å². The molecule has 1 rings (SSSR count). The van der Waals surface area contributed by atoms with E-state index in [0.29, 0.717) is 6.61 Å². The molecule has 0 aromatic heterocycles. The Kier molecular flexibility index (Phi) is 7.38. The summed E-state index contributed by atoms with van der Waals surface area (Å²) in [5.74, 6) is 0. The SMILES string of the molecule is C=Cc1ccc(C)cc1.CCOC(=O)Cl. The molecule has 0 bridgehead atoms. The lowest BCUT2D eigenvalue weighted by molar-refractivity contribution is 0.180. The number of hydrogen-bond donors (Lipinski definition) is 0. The Labute approximate surface area is 95.5 Å². The number of benzene rings is 1. The molecule has 0 spiro atoms. The fraction of sp³-hybridized carbons (Fsp3) is 0.250. The van der Waals surface area contributed by atoms with Gasteiger partial charge in [0.1, 0.15) is 0 Å². The summed E-state index contributed by atoms with van der Waals surface area (Å²) >= 11 is 4.72. The van der Waals surface area contributed by atoms with Crippen molar-refractivity contribution >= 4 is 23.1 Å². The molecule has 0 heterocycles. The van der Waals surface area contributed by atoms with Crippen molar-refractivity contribution in [2.24, 2.45) is 0 Å². The molecule has 0 saturated carbocycles. The largest absolute Gasteiger partial charge is 0.454 e. The second kappa shape index (κ2) is 8.06. The van der Waals surface area contributed by atoms with Gasteiger partial charge in [0, 0.05) is 11.6 Å². The molecular formula is C12H15ClO2. The smallest absolute Gasteiger partial charge is 0.403 e. The molecule has 2 nitrogen and oxygen atoms in total. The van der Waals surface area contributed by atoms with Crippen molar-refractivity contribution in [2.75, 3.05) is 6.61 Å². The molecule has 0 unspecified atom stereocenters. The van der Waals surface area contributed by atoms with Gasteiger partial charge in [-0.2, -0.15) is 0 Å². The van der Waals surface area contributed by atoms with Gasteiger partial charge >= 0.3 is 5.43 Å². The number of carbonyl (C=O) groups excluding carboxylic acids is 1. The molecule has 1 aromatic carbocycles. The van der Waals surface area contributed by atoms with E-state index in [2.05, 4.69) is 42.5 Å². The van der Waals surface area contributed by atoms with Crippen LogP contribution in [-0.2, 0) is 4.74 Å². The lowest BCUT2D eigenvalue weighted by atomic mass is 10.2. The summed E-state index contributed by atoms with van der Waals surface area (Å²) in [5.41, 5.74) is 1.73. The van der Waals surface area contributed by atoms with Crippen LogP contribution in [0.4, 0.5) is 4.79 Å². The minimum absolute atomic E-state index is 0.350. The zero-order valence-electron chi connectivity index (χ0n) is 9.00. The third kappa shape index (κ3) is 7.77. The van der Waals surface area contributed by atoms with Gasteiger partial charge in [-0.05, 0) is 19.4 Å². The van der Waals surface area contributed by atoms with Crippen molar-refractivity contribution in [1.29, 1.82) is 0 Å². The maximum Gasteiger partial charge on any atom is 0.403 e. The van der Waals surface area contributed by atoms with Crippen LogP contribution in [0.1, 0.15) is 18.1 Å². The van der Waals surface area contributed by atoms with Crippen LogP contribution in [-0.4, -0.2) is 12.0 Å². The summed E-state index contributed by atoms with van der Waals surface area (Å²) in [7, 11) is 0. The molecule has 3 heteroatoms. The Balaban J connectivity index is 0.000000288. The van der Waals surface area contributed by atoms with Gasteiger partial charge in [-0.25, -0.2) is 4.79 Å². The third-order valence-corrected chi connectivity index (χ3v) is 1.68. The van der Waals surface area contributed by atoms with E-state index in [1.54, 1.807) is 6.92 Å². The summed E-state index contributed by atoms with van der Waals surface area (Å²) in [6, 6.07) is 8.28. The first-order valence-corrected chi connectivity index (χ1v) is 4.99. The Morgan fingerprint density at radius 3 is 2.27 bits per heavy atom. The maximum absolute atomic E-state index is 9.59. The number of halogens is 1. The highest BCUT2D eigenvalue weighted by molar-refractivity contribution is 6.61. The topological polar surface area (TPSA) is 26.3 Å². The van der Waals surface area contributed by atoms with Crippen LogP contribution in [0.25, 0.3) is 6.08 Å². The van der Waals surface area contributed by atoms with Crippen LogP contribution in [0.15, 0.2) is 30.8 Å². The average molecular weight is 227 g/mol. The Bertz CT molecular complexity index is 304. The highest BCUT2D eigenvalue weighted by atomic mass is 35.5. The highest BCUT2D eigenvalue weighted by Gasteiger charge is 1.86. The van der Waals surface area contributed by atoms with Gasteiger partial charge < -0.3 is 4.74 Å². The van der Waals surface area contributed by atoms with Gasteiger partial charge in [0.05, 0.1) is 6.61 Å². The molecule has 0 radical (unpaired) electrons. The summed E-state index contributed by atoms with van der Waals surface area (Å²) in [6.07, 6.45) is 1.85. The number of ether oxygens (including phenoxy) is 1. The zero-order chi connectivity index (χ0) is 11.7. The van der Waals surface area contributed by atoms with Crippen LogP contribution in [0.3, 0.4) is 0 Å². The first kappa shape index (κ1) is 13.7. The zero-order valence-corrected chi connectivity index (χ0v) is 9.75. The molecule has 0 N–H and O–H groups in total. The quantitative estimate of drug-likeness (QED) is 0.712. The number of hydrogen-bond acceptors (Lipinski definition) is 2. The fourth-order valence-electron chi connectivity index (χ4n) is 0.816. The molecule has 0 saturated heterocycles. The fourth-order valence-corrected chi connectivity index (χ4v) is 0.925. The van der Waals surface area contributed by atoms with E-state index in [1.165, 1.54) is 11.1 Å². The van der Waals surface area contributed by atoms with Crippen molar-refractivity contribution in [2.45, 2.75) is 13.8 Å². The second-order valence-corrected chi connectivity index (χ2v) is 3.09. The number of rotatable bonds is 2. The van der Waals surface area contributed by atoms with Gasteiger partial charge in [-0.15, -0.1) is 0 Å². The minimum atomic E-state index is -0.738. The third-order valence-electron chi connectivity index (χ3n) is 1.57. The van der Waals surface area contributed by atoms with Crippen LogP contribution >= 0.6 is 11.6 Å². The molecule has 0 fully saturated rings. The van der Waals surface area contributed by atoms with Gasteiger partial charge in [-0.3, -0.25) is 0 Å². The van der Waals surface area contributed by atoms with Crippen molar-refractivity contribution in [3.05, 3.63) is 42.0 Å². The van der Waals surface area contributed by atoms with E-state index in [1.807, 2.05) is 6.08 Å². The van der Waals surface area contributed by atoms with E-state index in [-0.39, 0.29) is 0 Å². The van der Waals surface area contributed by atoms with Crippen LogP contribution in [0.2, 0.25) is 0 Å². The van der Waals surface area contributed by atoms with Crippen molar-refractivity contribution in [1.82, 2.24) is 0 Å². The normalized spacial score (nSPS) is 8.47. The van der Waals surface area contributed by atoms with Crippen LogP contribution in [0, 0.1) is 6.92 Å². The van der Waals surface area contributed by atoms with E-state index in [4.69, 9.17) is 11.6 Å². The molecule has 0 aliphatic carbocycles. The Morgan fingerprint density at radius 1 is 1.47 bits per heavy atom. The molecular weight excluding hydrogens is 212 g/mol. The Hall–Kier alpha value is -1.28. The van der Waals surface area contributed by atoms with Gasteiger partial charge in [-0.1, -0.05) is 42.5 Å². The summed E-state index contributed by atoms with van der Waals surface area (Å²) in [6.45, 7) is 7.78. The predicted molar refractivity (Wildman–Crippen MR) is 64.1 cm³/mol. The average Bonchev–Trinajstić information content (AvgIpc) is 2.20. The maximum atomic E-state index is 9.59. The summed E-state index contributed by atoms with van der Waals surface area (Å²) in [5, 5.41) is 0. The molecule has 0 amide bonds. The molecule has 0 aliphatic rings. The van der Waals surface area contributed by atoms with Gasteiger partial charge in [0.15, 0.2) is 0 Å². The molecule has 0 aliphatic heterocycles. The van der Waals surface area contributed by atoms with E-state index in [9.17, 15) is 4.79 Å². The second-order valence-electron chi connectivity index (χ2n) is 2.79. The van der Waals surface area contributed by atoms with Crippen molar-refractivity contribution < 1.29 is 9.53 Å². The molecule has 15 heavy (non-hydrogen) atoms. The first-order chi connectivity index (χ1) is 7.10. The monoisotopic (exact) mass is 226 g/mol. The van der Waals surface area contributed by atoms with Crippen LogP contribution < -0.4 is 0 Å². The number of aryl methyl sites for hydroxylation is 1. The standard InChI is InChI=1S/C9H10.C3H5ClO2/c1-3-9-6-4-8(2)5-7-9;1-2-6-3(4)5/h3-7H,1H2,2H3;2H2,1H3. The Morgan fingerprint density at radius 2 is 2.00 bits per heavy atom. The summed E-state index contributed by atoms with van der Waals surface area (Å²) < 4.78 is 4.17. The van der Waals surface area contributed by atoms with Gasteiger partial charge in [0.2, 0.25) is 0 Å². The lowest BCUT2D eigenvalue weighted by Crippen LogP contribution is -1.89. The molecule has 1 aromatic rings. The summed E-state index contributed by atoms with van der Waals surface area (Å²) in [4.78, 5) is 9.59. The predicted octanol–water partition coefficient (Wildman–Crippen LogP) is 4.02.